The van der Waals surface area contributed by atoms with Crippen LogP contribution in [-0.2, 0) is 13.6 Å². The van der Waals surface area contributed by atoms with Crippen molar-refractivity contribution >= 4 is 23.1 Å². The van der Waals surface area contributed by atoms with Crippen molar-refractivity contribution in [2.75, 3.05) is 11.1 Å². The number of nitrogens with zero attached hydrogens (tertiary/aromatic N) is 1. The smallest absolute Gasteiger partial charge is 0.329 e. The molecule has 0 unspecified atom stereocenters. The number of nitrogen functional groups attached to an aromatic ring is 1. The number of hydrogen-bond acceptors (Lipinski definition) is 4. The van der Waals surface area contributed by atoms with Gasteiger partial charge in [0.1, 0.15) is 17.3 Å². The highest BCUT2D eigenvalue weighted by Crippen LogP contribution is 2.17. The molecule has 0 aliphatic heterocycles. The highest BCUT2D eigenvalue weighted by atomic mass is 35.5. The molecule has 0 amide bonds. The maximum Gasteiger partial charge on any atom is 0.329 e. The van der Waals surface area contributed by atoms with Gasteiger partial charge in [-0.15, -0.1) is 0 Å². The summed E-state index contributed by atoms with van der Waals surface area (Å²) >= 11 is 5.66. The van der Waals surface area contributed by atoms with Crippen molar-refractivity contribution in [3.63, 3.8) is 0 Å². The molecule has 2 rings (SSSR count). The van der Waals surface area contributed by atoms with Gasteiger partial charge in [-0.2, -0.15) is 0 Å². The molecular weight excluding hydrogens is 287 g/mol. The molecule has 4 N–H and O–H groups in total. The molecule has 8 heteroatoms. The number of rotatable bonds is 3. The van der Waals surface area contributed by atoms with E-state index >= 15 is 0 Å². The lowest BCUT2D eigenvalue weighted by Crippen LogP contribution is -2.32. The van der Waals surface area contributed by atoms with Crippen LogP contribution >= 0.6 is 11.6 Å². The lowest BCUT2D eigenvalue weighted by molar-refractivity contribution is 0.627. The van der Waals surface area contributed by atoms with E-state index in [-0.39, 0.29) is 23.1 Å². The second kappa shape index (κ2) is 5.38. The van der Waals surface area contributed by atoms with Gasteiger partial charge < -0.3 is 11.1 Å². The summed E-state index contributed by atoms with van der Waals surface area (Å²) in [6.07, 6.45) is 0. The third-order valence-corrected chi connectivity index (χ3v) is 3.11. The minimum absolute atomic E-state index is 0.00774. The molecule has 0 saturated heterocycles. The summed E-state index contributed by atoms with van der Waals surface area (Å²) in [7, 11) is 1.44. The van der Waals surface area contributed by atoms with Crippen LogP contribution in [0.25, 0.3) is 0 Å². The number of aromatic nitrogens is 2. The lowest BCUT2D eigenvalue weighted by atomic mass is 10.2. The number of hydrogen-bond donors (Lipinski definition) is 3. The van der Waals surface area contributed by atoms with Gasteiger partial charge in [-0.1, -0.05) is 17.7 Å². The molecule has 106 valence electrons. The lowest BCUT2D eigenvalue weighted by Gasteiger charge is -2.11. The number of H-pyrrole nitrogens is 1. The summed E-state index contributed by atoms with van der Waals surface area (Å²) in [5.74, 6) is -0.498. The number of anilines is 2. The number of halogens is 2. The van der Waals surface area contributed by atoms with Gasteiger partial charge >= 0.3 is 5.69 Å². The molecule has 0 radical (unpaired) electrons. The van der Waals surface area contributed by atoms with Crippen molar-refractivity contribution in [2.24, 2.45) is 7.05 Å². The van der Waals surface area contributed by atoms with E-state index in [1.807, 2.05) is 0 Å². The molecule has 0 bridgehead atoms. The first-order chi connectivity index (χ1) is 9.40. The minimum atomic E-state index is -0.612. The summed E-state index contributed by atoms with van der Waals surface area (Å²) in [6.45, 7) is 0.214. The summed E-state index contributed by atoms with van der Waals surface area (Å²) in [4.78, 5) is 25.1. The van der Waals surface area contributed by atoms with Crippen molar-refractivity contribution in [1.29, 1.82) is 0 Å². The molecule has 0 fully saturated rings. The van der Waals surface area contributed by atoms with Crippen molar-refractivity contribution in [1.82, 2.24) is 9.55 Å². The molecule has 0 atom stereocenters. The molecule has 0 saturated carbocycles. The topological polar surface area (TPSA) is 92.9 Å². The Morgan fingerprint density at radius 3 is 2.80 bits per heavy atom. The molecule has 2 aromatic rings. The molecule has 1 heterocycles. The number of aromatic amines is 1. The second-order valence-corrected chi connectivity index (χ2v) is 4.59. The third-order valence-electron chi connectivity index (χ3n) is 2.82. The van der Waals surface area contributed by atoms with Crippen LogP contribution in [0, 0.1) is 5.82 Å². The van der Waals surface area contributed by atoms with E-state index in [0.717, 1.165) is 4.57 Å². The van der Waals surface area contributed by atoms with E-state index in [2.05, 4.69) is 10.3 Å². The first kappa shape index (κ1) is 14.1. The summed E-state index contributed by atoms with van der Waals surface area (Å²) in [6, 6.07) is 4.20. The van der Waals surface area contributed by atoms with Crippen LogP contribution in [0.1, 0.15) is 5.56 Å². The standard InChI is InChI=1S/C12H12ClFN4O2/c1-18-10(15)9(11(19)17-12(18)20)16-5-6-2-3-8(14)7(13)4-6/h2-4,16H,5,15H2,1H3,(H,17,19,20). The van der Waals surface area contributed by atoms with Crippen molar-refractivity contribution in [2.45, 2.75) is 6.54 Å². The monoisotopic (exact) mass is 298 g/mol. The Morgan fingerprint density at radius 2 is 2.15 bits per heavy atom. The first-order valence-electron chi connectivity index (χ1n) is 5.66. The highest BCUT2D eigenvalue weighted by Gasteiger charge is 2.09. The maximum atomic E-state index is 13.0. The third kappa shape index (κ3) is 2.67. The average molecular weight is 299 g/mol. The van der Waals surface area contributed by atoms with E-state index in [9.17, 15) is 14.0 Å². The summed E-state index contributed by atoms with van der Waals surface area (Å²) in [5, 5.41) is 2.79. The van der Waals surface area contributed by atoms with Crippen LogP contribution in [0.2, 0.25) is 5.02 Å². The van der Waals surface area contributed by atoms with Gasteiger partial charge in [-0.3, -0.25) is 14.3 Å². The number of nitrogens with one attached hydrogen (secondary N) is 2. The van der Waals surface area contributed by atoms with E-state index in [1.165, 1.54) is 25.2 Å². The van der Waals surface area contributed by atoms with E-state index in [4.69, 9.17) is 17.3 Å². The molecule has 0 aliphatic carbocycles. The van der Waals surface area contributed by atoms with Crippen LogP contribution in [0.15, 0.2) is 27.8 Å². The second-order valence-electron chi connectivity index (χ2n) is 4.18. The Bertz CT molecular complexity index is 769. The predicted octanol–water partition coefficient (Wildman–Crippen LogP) is 1.06. The SMILES string of the molecule is Cn1c(N)c(NCc2ccc(F)c(Cl)c2)c(=O)[nH]c1=O. The van der Waals surface area contributed by atoms with Gasteiger partial charge in [0.2, 0.25) is 0 Å². The zero-order valence-corrected chi connectivity index (χ0v) is 11.3. The highest BCUT2D eigenvalue weighted by molar-refractivity contribution is 6.30. The van der Waals surface area contributed by atoms with E-state index < -0.39 is 17.1 Å². The Kier molecular flexibility index (Phi) is 3.80. The van der Waals surface area contributed by atoms with Crippen LogP contribution in [0.5, 0.6) is 0 Å². The van der Waals surface area contributed by atoms with E-state index in [1.54, 1.807) is 0 Å². The molecule has 20 heavy (non-hydrogen) atoms. The zero-order chi connectivity index (χ0) is 14.9. The van der Waals surface area contributed by atoms with Crippen LogP contribution in [-0.4, -0.2) is 9.55 Å². The minimum Gasteiger partial charge on any atom is -0.383 e. The first-order valence-corrected chi connectivity index (χ1v) is 6.04. The van der Waals surface area contributed by atoms with Crippen molar-refractivity contribution in [3.8, 4) is 0 Å². The van der Waals surface area contributed by atoms with Gasteiger partial charge in [-0.05, 0) is 17.7 Å². The Morgan fingerprint density at radius 1 is 1.45 bits per heavy atom. The average Bonchev–Trinajstić information content (AvgIpc) is 2.40. The fraction of sp³-hybridized carbons (Fsp3) is 0.167. The van der Waals surface area contributed by atoms with Gasteiger partial charge in [-0.25, -0.2) is 9.18 Å². The number of benzene rings is 1. The van der Waals surface area contributed by atoms with Crippen LogP contribution in [0.3, 0.4) is 0 Å². The van der Waals surface area contributed by atoms with Crippen molar-refractivity contribution < 1.29 is 4.39 Å². The number of nitrogens with two attached hydrogens (primary N) is 1. The molecular formula is C12H12ClFN4O2. The molecule has 1 aromatic carbocycles. The van der Waals surface area contributed by atoms with Crippen LogP contribution in [0.4, 0.5) is 15.9 Å². The van der Waals surface area contributed by atoms with Gasteiger partial charge in [0, 0.05) is 13.6 Å². The summed E-state index contributed by atoms with van der Waals surface area (Å²) < 4.78 is 14.1. The van der Waals surface area contributed by atoms with Gasteiger partial charge in [0.25, 0.3) is 5.56 Å². The van der Waals surface area contributed by atoms with Crippen molar-refractivity contribution in [3.05, 3.63) is 55.4 Å². The summed E-state index contributed by atoms with van der Waals surface area (Å²) in [5.41, 5.74) is 5.24. The predicted molar refractivity (Wildman–Crippen MR) is 75.5 cm³/mol. The Hall–Kier alpha value is -2.28. The van der Waals surface area contributed by atoms with Gasteiger partial charge in [0.15, 0.2) is 0 Å². The Labute approximate surface area is 118 Å². The van der Waals surface area contributed by atoms with E-state index in [0.29, 0.717) is 5.56 Å². The maximum absolute atomic E-state index is 13.0. The Balaban J connectivity index is 2.27. The molecule has 6 nitrogen and oxygen atoms in total. The zero-order valence-electron chi connectivity index (χ0n) is 10.5. The molecule has 1 aromatic heterocycles. The molecule has 0 aliphatic rings. The fourth-order valence-corrected chi connectivity index (χ4v) is 1.85. The largest absolute Gasteiger partial charge is 0.383 e. The van der Waals surface area contributed by atoms with Crippen LogP contribution < -0.4 is 22.3 Å². The fourth-order valence-electron chi connectivity index (χ4n) is 1.65. The quantitative estimate of drug-likeness (QED) is 0.790. The normalized spacial score (nSPS) is 10.6. The van der Waals surface area contributed by atoms with Gasteiger partial charge in [0.05, 0.1) is 5.02 Å². The molecule has 0 spiro atoms.